The van der Waals surface area contributed by atoms with Gasteiger partial charge in [-0.1, -0.05) is 53.6 Å². The average molecular weight is 426 g/mol. The largest absolute Gasteiger partial charge is 0.441 e. The van der Waals surface area contributed by atoms with E-state index < -0.39 is 0 Å². The molecular weight excluding hydrogens is 398 g/mol. The molecule has 1 heterocycles. The third-order valence-corrected chi connectivity index (χ3v) is 5.15. The first-order valence-electron chi connectivity index (χ1n) is 10.1. The van der Waals surface area contributed by atoms with Crippen LogP contribution in [0.3, 0.4) is 0 Å². The summed E-state index contributed by atoms with van der Waals surface area (Å²) >= 11 is 5.98. The first-order chi connectivity index (χ1) is 14.4. The van der Waals surface area contributed by atoms with Crippen molar-refractivity contribution in [2.24, 2.45) is 0 Å². The Bertz CT molecular complexity index is 949. The van der Waals surface area contributed by atoms with E-state index in [0.717, 1.165) is 23.4 Å². The zero-order valence-corrected chi connectivity index (χ0v) is 18.5. The van der Waals surface area contributed by atoms with Gasteiger partial charge in [-0.15, -0.1) is 0 Å². The summed E-state index contributed by atoms with van der Waals surface area (Å²) in [6, 6.07) is 15.7. The van der Waals surface area contributed by atoms with Gasteiger partial charge >= 0.3 is 0 Å². The zero-order chi connectivity index (χ0) is 21.5. The van der Waals surface area contributed by atoms with Crippen LogP contribution in [0, 0.1) is 6.92 Å². The van der Waals surface area contributed by atoms with Crippen molar-refractivity contribution in [3.8, 4) is 11.3 Å². The molecule has 0 aliphatic rings. The lowest BCUT2D eigenvalue weighted by Gasteiger charge is -2.24. The summed E-state index contributed by atoms with van der Waals surface area (Å²) in [6.45, 7) is 4.07. The van der Waals surface area contributed by atoms with Crippen LogP contribution in [0.1, 0.15) is 23.4 Å². The van der Waals surface area contributed by atoms with Crippen LogP contribution in [-0.2, 0) is 17.8 Å². The van der Waals surface area contributed by atoms with Crippen LogP contribution in [0.15, 0.2) is 59.1 Å². The van der Waals surface area contributed by atoms with Gasteiger partial charge in [0.2, 0.25) is 5.91 Å². The fraction of sp³-hybridized carbons (Fsp3) is 0.333. The smallest absolute Gasteiger partial charge is 0.223 e. The van der Waals surface area contributed by atoms with Gasteiger partial charge in [-0.25, -0.2) is 4.98 Å². The van der Waals surface area contributed by atoms with E-state index in [2.05, 4.69) is 9.88 Å². The van der Waals surface area contributed by atoms with Gasteiger partial charge in [0.05, 0.1) is 6.20 Å². The van der Waals surface area contributed by atoms with Crippen molar-refractivity contribution in [1.82, 2.24) is 14.8 Å². The van der Waals surface area contributed by atoms with Gasteiger partial charge in [0, 0.05) is 43.1 Å². The van der Waals surface area contributed by atoms with Gasteiger partial charge in [-0.05, 0) is 38.7 Å². The lowest BCUT2D eigenvalue weighted by molar-refractivity contribution is -0.132. The predicted molar refractivity (Wildman–Crippen MR) is 120 cm³/mol. The maximum atomic E-state index is 12.9. The molecule has 6 heteroatoms. The number of aromatic nitrogens is 1. The summed E-state index contributed by atoms with van der Waals surface area (Å²) in [5.41, 5.74) is 3.24. The second kappa shape index (κ2) is 10.4. The quantitative estimate of drug-likeness (QED) is 0.492. The van der Waals surface area contributed by atoms with Crippen molar-refractivity contribution in [2.75, 3.05) is 27.2 Å². The van der Waals surface area contributed by atoms with Gasteiger partial charge in [-0.2, -0.15) is 0 Å². The fourth-order valence-corrected chi connectivity index (χ4v) is 3.20. The summed E-state index contributed by atoms with van der Waals surface area (Å²) in [4.78, 5) is 21.2. The van der Waals surface area contributed by atoms with Gasteiger partial charge in [0.25, 0.3) is 0 Å². The molecule has 0 N–H and O–H groups in total. The van der Waals surface area contributed by atoms with Crippen LogP contribution in [0.4, 0.5) is 0 Å². The van der Waals surface area contributed by atoms with Crippen LogP contribution in [0.5, 0.6) is 0 Å². The molecule has 3 aromatic rings. The Morgan fingerprint density at radius 2 is 1.73 bits per heavy atom. The maximum Gasteiger partial charge on any atom is 0.223 e. The summed E-state index contributed by atoms with van der Waals surface area (Å²) in [5.74, 6) is 1.39. The standard InChI is InChI=1S/C24H28ClN3O2/c1-18-4-8-20(9-5-18)22-16-26-23(30-22)12-13-24(29)28(15-14-27(2)3)17-19-6-10-21(25)11-7-19/h4-11,16H,12-15,17H2,1-3H3. The third-order valence-electron chi connectivity index (χ3n) is 4.90. The number of carbonyl (C=O) groups is 1. The molecule has 0 atom stereocenters. The molecule has 0 radical (unpaired) electrons. The van der Waals surface area contributed by atoms with E-state index in [0.29, 0.717) is 36.8 Å². The highest BCUT2D eigenvalue weighted by Gasteiger charge is 2.16. The Morgan fingerprint density at radius 1 is 1.03 bits per heavy atom. The lowest BCUT2D eigenvalue weighted by Crippen LogP contribution is -2.36. The molecule has 1 amide bonds. The Hall–Kier alpha value is -2.63. The van der Waals surface area contributed by atoms with Gasteiger partial charge in [-0.3, -0.25) is 4.79 Å². The minimum Gasteiger partial charge on any atom is -0.441 e. The second-order valence-electron chi connectivity index (χ2n) is 7.73. The normalized spacial score (nSPS) is 11.1. The Labute approximate surface area is 183 Å². The minimum absolute atomic E-state index is 0.0851. The molecule has 0 bridgehead atoms. The monoisotopic (exact) mass is 425 g/mol. The number of halogens is 1. The SMILES string of the molecule is Cc1ccc(-c2cnc(CCC(=O)N(CCN(C)C)Cc3ccc(Cl)cc3)o2)cc1. The average Bonchev–Trinajstić information content (AvgIpc) is 3.20. The van der Waals surface area contributed by atoms with E-state index >= 15 is 0 Å². The van der Waals surface area contributed by atoms with Crippen molar-refractivity contribution in [3.05, 3.63) is 76.8 Å². The predicted octanol–water partition coefficient (Wildman–Crippen LogP) is 4.83. The fourth-order valence-electron chi connectivity index (χ4n) is 3.07. The number of amides is 1. The molecule has 158 valence electrons. The van der Waals surface area contributed by atoms with Gasteiger partial charge in [0.15, 0.2) is 11.7 Å². The molecule has 5 nitrogen and oxygen atoms in total. The zero-order valence-electron chi connectivity index (χ0n) is 17.8. The summed E-state index contributed by atoms with van der Waals surface area (Å²) in [7, 11) is 4.01. The summed E-state index contributed by atoms with van der Waals surface area (Å²) < 4.78 is 5.86. The highest BCUT2D eigenvalue weighted by Crippen LogP contribution is 2.21. The van der Waals surface area contributed by atoms with E-state index in [9.17, 15) is 4.79 Å². The van der Waals surface area contributed by atoms with Crippen molar-refractivity contribution in [1.29, 1.82) is 0 Å². The molecule has 30 heavy (non-hydrogen) atoms. The van der Waals surface area contributed by atoms with Crippen molar-refractivity contribution in [3.63, 3.8) is 0 Å². The molecule has 0 spiro atoms. The van der Waals surface area contributed by atoms with Crippen molar-refractivity contribution >= 4 is 17.5 Å². The number of aryl methyl sites for hydroxylation is 2. The molecule has 0 saturated heterocycles. The number of benzene rings is 2. The van der Waals surface area contributed by atoms with Crippen molar-refractivity contribution in [2.45, 2.75) is 26.3 Å². The number of carbonyl (C=O) groups excluding carboxylic acids is 1. The van der Waals surface area contributed by atoms with Crippen molar-refractivity contribution < 1.29 is 9.21 Å². The van der Waals surface area contributed by atoms with Crippen LogP contribution >= 0.6 is 11.6 Å². The second-order valence-corrected chi connectivity index (χ2v) is 8.17. The van der Waals surface area contributed by atoms with E-state index in [1.807, 2.05) is 74.4 Å². The Kier molecular flexibility index (Phi) is 7.66. The van der Waals surface area contributed by atoms with Gasteiger partial charge < -0.3 is 14.2 Å². The first-order valence-corrected chi connectivity index (χ1v) is 10.5. The summed E-state index contributed by atoms with van der Waals surface area (Å²) in [5, 5.41) is 0.693. The Morgan fingerprint density at radius 3 is 2.40 bits per heavy atom. The number of hydrogen-bond acceptors (Lipinski definition) is 4. The Balaban J connectivity index is 1.61. The number of hydrogen-bond donors (Lipinski definition) is 0. The molecule has 0 unspecified atom stereocenters. The number of rotatable bonds is 9. The minimum atomic E-state index is 0.0851. The highest BCUT2D eigenvalue weighted by atomic mass is 35.5. The molecule has 0 fully saturated rings. The van der Waals surface area contributed by atoms with E-state index in [-0.39, 0.29) is 5.91 Å². The molecule has 3 rings (SSSR count). The van der Waals surface area contributed by atoms with E-state index in [1.165, 1.54) is 5.56 Å². The molecule has 2 aromatic carbocycles. The van der Waals surface area contributed by atoms with E-state index in [4.69, 9.17) is 16.0 Å². The number of nitrogens with zero attached hydrogens (tertiary/aromatic N) is 3. The number of oxazole rings is 1. The van der Waals surface area contributed by atoms with Crippen LogP contribution in [0.25, 0.3) is 11.3 Å². The topological polar surface area (TPSA) is 49.6 Å². The maximum absolute atomic E-state index is 12.9. The van der Waals surface area contributed by atoms with Crippen LogP contribution < -0.4 is 0 Å². The first kappa shape index (κ1) is 22.1. The molecular formula is C24H28ClN3O2. The molecule has 1 aromatic heterocycles. The highest BCUT2D eigenvalue weighted by molar-refractivity contribution is 6.30. The molecule has 0 saturated carbocycles. The summed E-state index contributed by atoms with van der Waals surface area (Å²) in [6.07, 6.45) is 2.56. The van der Waals surface area contributed by atoms with Crippen LogP contribution in [0.2, 0.25) is 5.02 Å². The van der Waals surface area contributed by atoms with Gasteiger partial charge in [0.1, 0.15) is 0 Å². The molecule has 0 aliphatic carbocycles. The van der Waals surface area contributed by atoms with Crippen LogP contribution in [-0.4, -0.2) is 47.9 Å². The number of likely N-dealkylation sites (N-methyl/N-ethyl adjacent to an activating group) is 1. The third kappa shape index (κ3) is 6.44. The lowest BCUT2D eigenvalue weighted by atomic mass is 10.1. The van der Waals surface area contributed by atoms with E-state index in [1.54, 1.807) is 6.20 Å². The molecule has 0 aliphatic heterocycles.